The van der Waals surface area contributed by atoms with E-state index in [2.05, 4.69) is 13.8 Å². The van der Waals surface area contributed by atoms with Crippen LogP contribution in [0.15, 0.2) is 24.3 Å². The van der Waals surface area contributed by atoms with Gasteiger partial charge < -0.3 is 9.47 Å². The highest BCUT2D eigenvalue weighted by Gasteiger charge is 2.68. The smallest absolute Gasteiger partial charge is 0.341 e. The molecule has 1 unspecified atom stereocenters. The number of carbonyl (C=O) groups excluding carboxylic acids is 3. The van der Waals surface area contributed by atoms with Crippen molar-refractivity contribution in [1.82, 2.24) is 0 Å². The molecule has 0 aromatic heterocycles. The van der Waals surface area contributed by atoms with Crippen LogP contribution in [0.3, 0.4) is 0 Å². The third-order valence-electron chi connectivity index (χ3n) is 10.5. The van der Waals surface area contributed by atoms with E-state index >= 15 is 0 Å². The van der Waals surface area contributed by atoms with Crippen LogP contribution in [0.2, 0.25) is 0 Å². The summed E-state index contributed by atoms with van der Waals surface area (Å²) in [5.74, 6) is -0.0102. The van der Waals surface area contributed by atoms with E-state index in [0.29, 0.717) is 18.1 Å². The highest BCUT2D eigenvalue weighted by atomic mass is 16.7. The molecule has 8 nitrogen and oxygen atoms in total. The summed E-state index contributed by atoms with van der Waals surface area (Å²) in [5, 5.41) is 10.8. The Morgan fingerprint density at radius 3 is 2.39 bits per heavy atom. The first-order valence-corrected chi connectivity index (χ1v) is 13.1. The van der Waals surface area contributed by atoms with Crippen LogP contribution >= 0.6 is 0 Å². The van der Waals surface area contributed by atoms with Crippen molar-refractivity contribution in [3.05, 3.63) is 39.9 Å². The fourth-order valence-corrected chi connectivity index (χ4v) is 8.85. The fourth-order valence-electron chi connectivity index (χ4n) is 8.85. The number of nitro groups is 1. The van der Waals surface area contributed by atoms with E-state index in [0.717, 1.165) is 51.4 Å². The molecule has 0 heterocycles. The fraction of sp³-hybridized carbons (Fsp3) is 0.679. The van der Waals surface area contributed by atoms with E-state index in [1.165, 1.54) is 24.3 Å². The topological polar surface area (TPSA) is 113 Å². The van der Waals surface area contributed by atoms with Crippen molar-refractivity contribution < 1.29 is 28.8 Å². The lowest BCUT2D eigenvalue weighted by Crippen LogP contribution is -2.58. The van der Waals surface area contributed by atoms with Gasteiger partial charge in [0.2, 0.25) is 6.79 Å². The zero-order valence-corrected chi connectivity index (χ0v) is 21.3. The van der Waals surface area contributed by atoms with Crippen LogP contribution in [0, 0.1) is 43.6 Å². The number of Topliss-reactive ketones (excluding diaryl/α,β-unsaturated/α-hetero) is 1. The molecule has 4 fully saturated rings. The number of ketones is 1. The predicted molar refractivity (Wildman–Crippen MR) is 130 cm³/mol. The number of ether oxygens (including phenoxy) is 2. The van der Waals surface area contributed by atoms with Crippen LogP contribution in [0.5, 0.6) is 0 Å². The van der Waals surface area contributed by atoms with Gasteiger partial charge in [-0.3, -0.25) is 19.7 Å². The van der Waals surface area contributed by atoms with Crippen molar-refractivity contribution in [2.45, 2.75) is 78.6 Å². The number of nitrogens with zero attached hydrogens (tertiary/aromatic N) is 1. The third kappa shape index (κ3) is 3.67. The van der Waals surface area contributed by atoms with E-state index in [4.69, 9.17) is 9.47 Å². The quantitative estimate of drug-likeness (QED) is 0.224. The molecule has 1 aromatic carbocycles. The van der Waals surface area contributed by atoms with Gasteiger partial charge in [-0.25, -0.2) is 4.79 Å². The maximum Gasteiger partial charge on any atom is 0.341 e. The van der Waals surface area contributed by atoms with Crippen LogP contribution in [-0.4, -0.2) is 29.4 Å². The Morgan fingerprint density at radius 2 is 1.69 bits per heavy atom. The molecule has 8 heteroatoms. The van der Waals surface area contributed by atoms with Gasteiger partial charge in [0.1, 0.15) is 5.78 Å². The lowest BCUT2D eigenvalue weighted by Gasteiger charge is -2.63. The maximum atomic E-state index is 13.4. The molecule has 36 heavy (non-hydrogen) atoms. The number of hydrogen-bond acceptors (Lipinski definition) is 7. The first kappa shape index (κ1) is 24.9. The number of fused-ring (bicyclic) bond motifs is 3. The summed E-state index contributed by atoms with van der Waals surface area (Å²) in [6, 6.07) is 5.09. The van der Waals surface area contributed by atoms with Gasteiger partial charge >= 0.3 is 11.9 Å². The first-order chi connectivity index (χ1) is 16.9. The molecular weight excluding hydrogens is 462 g/mol. The van der Waals surface area contributed by atoms with Crippen LogP contribution in [0.4, 0.5) is 5.69 Å². The molecule has 194 valence electrons. The van der Waals surface area contributed by atoms with Crippen LogP contribution in [0.1, 0.15) is 88.9 Å². The Balaban J connectivity index is 1.26. The Hall–Kier alpha value is -2.77. The largest absolute Gasteiger partial charge is 0.427 e. The minimum absolute atomic E-state index is 0.0222. The van der Waals surface area contributed by atoms with Gasteiger partial charge in [0.05, 0.1) is 15.9 Å². The average Bonchev–Trinajstić information content (AvgIpc) is 3.01. The Kier molecular flexibility index (Phi) is 5.80. The monoisotopic (exact) mass is 497 g/mol. The van der Waals surface area contributed by atoms with Crippen LogP contribution in [0.25, 0.3) is 0 Å². The number of hydrogen-bond donors (Lipinski definition) is 0. The van der Waals surface area contributed by atoms with E-state index < -0.39 is 23.1 Å². The molecule has 0 radical (unpaired) electrons. The summed E-state index contributed by atoms with van der Waals surface area (Å²) in [6.45, 7) is 6.00. The lowest BCUT2D eigenvalue weighted by atomic mass is 9.40. The van der Waals surface area contributed by atoms with Crippen molar-refractivity contribution in [1.29, 1.82) is 0 Å². The Labute approximate surface area is 211 Å². The van der Waals surface area contributed by atoms with E-state index in [9.17, 15) is 24.5 Å². The summed E-state index contributed by atoms with van der Waals surface area (Å²) >= 11 is 0. The van der Waals surface area contributed by atoms with Crippen molar-refractivity contribution in [3.63, 3.8) is 0 Å². The minimum atomic E-state index is -0.702. The second kappa shape index (κ2) is 8.38. The van der Waals surface area contributed by atoms with Crippen molar-refractivity contribution >= 4 is 23.4 Å². The first-order valence-electron chi connectivity index (χ1n) is 13.1. The lowest BCUT2D eigenvalue weighted by molar-refractivity contribution is -0.384. The zero-order chi connectivity index (χ0) is 25.9. The molecule has 0 saturated heterocycles. The second-order valence-electron chi connectivity index (χ2n) is 12.4. The molecule has 1 spiro atoms. The second-order valence-corrected chi connectivity index (χ2v) is 12.4. The SMILES string of the molecule is C[C@@]12CC[C@@H]3C(CC[C@H]4[C@@]3(C)CCC[C@@]4(C)C(=O)OCOC(=O)c3ccc([N+](=O)[O-])cc3)(CC1=O)C2. The van der Waals surface area contributed by atoms with E-state index in [1.54, 1.807) is 0 Å². The number of rotatable bonds is 5. The van der Waals surface area contributed by atoms with Gasteiger partial charge in [0, 0.05) is 24.0 Å². The predicted octanol–water partition coefficient (Wildman–Crippen LogP) is 5.62. The summed E-state index contributed by atoms with van der Waals surface area (Å²) in [6.07, 6.45) is 8.29. The van der Waals surface area contributed by atoms with Crippen LogP contribution in [-0.2, 0) is 19.1 Å². The number of benzene rings is 1. The molecule has 2 bridgehead atoms. The summed E-state index contributed by atoms with van der Waals surface area (Å²) in [5.41, 5.74) is -0.739. The average molecular weight is 498 g/mol. The van der Waals surface area contributed by atoms with Gasteiger partial charge in [-0.2, -0.15) is 0 Å². The molecule has 4 aliphatic carbocycles. The van der Waals surface area contributed by atoms with Crippen molar-refractivity contribution in [2.75, 3.05) is 6.79 Å². The summed E-state index contributed by atoms with van der Waals surface area (Å²) < 4.78 is 10.7. The molecule has 4 aliphatic rings. The van der Waals surface area contributed by atoms with Crippen molar-refractivity contribution in [2.24, 2.45) is 33.5 Å². The molecule has 0 aliphatic heterocycles. The van der Waals surface area contributed by atoms with Gasteiger partial charge in [-0.1, -0.05) is 20.3 Å². The normalized spacial score (nSPS) is 39.0. The molecule has 4 saturated carbocycles. The number of nitro benzene ring substituents is 1. The summed E-state index contributed by atoms with van der Waals surface area (Å²) in [4.78, 5) is 48.9. The molecular formula is C28H35NO7. The molecule has 5 rings (SSSR count). The molecule has 1 aromatic rings. The van der Waals surface area contributed by atoms with Gasteiger partial charge in [-0.05, 0) is 86.7 Å². The standard InChI is InChI=1S/C28H35NO7/c1-25-13-9-21-26(2)11-4-12-27(3,20(26)10-14-28(21,16-25)15-22(25)30)24(32)36-17-35-23(31)18-5-7-19(8-6-18)29(33)34/h5-8,20-21H,4,9-17H2,1-3H3/t20-,21-,25-,26+,27+,28?/m0/s1. The van der Waals surface area contributed by atoms with Crippen molar-refractivity contribution in [3.8, 4) is 0 Å². The van der Waals surface area contributed by atoms with E-state index in [1.807, 2.05) is 6.92 Å². The van der Waals surface area contributed by atoms with Crippen LogP contribution < -0.4 is 0 Å². The van der Waals surface area contributed by atoms with Gasteiger partial charge in [0.15, 0.2) is 0 Å². The minimum Gasteiger partial charge on any atom is -0.427 e. The summed E-state index contributed by atoms with van der Waals surface area (Å²) in [7, 11) is 0. The highest BCUT2D eigenvalue weighted by Crippen LogP contribution is 2.73. The van der Waals surface area contributed by atoms with Gasteiger partial charge in [0.25, 0.3) is 5.69 Å². The highest BCUT2D eigenvalue weighted by molar-refractivity contribution is 5.90. The number of esters is 2. The molecule has 0 N–H and O–H groups in total. The molecule has 0 amide bonds. The van der Waals surface area contributed by atoms with E-state index in [-0.39, 0.29) is 39.4 Å². The van der Waals surface area contributed by atoms with Gasteiger partial charge in [-0.15, -0.1) is 0 Å². The Morgan fingerprint density at radius 1 is 1.00 bits per heavy atom. The third-order valence-corrected chi connectivity index (χ3v) is 10.5. The zero-order valence-electron chi connectivity index (χ0n) is 21.3. The number of carbonyl (C=O) groups is 3. The maximum absolute atomic E-state index is 13.4. The Bertz CT molecular complexity index is 1120. The number of non-ortho nitro benzene ring substituents is 1. The molecule has 6 atom stereocenters.